The van der Waals surface area contributed by atoms with Crippen LogP contribution < -0.4 is 10.1 Å². The molecule has 0 spiro atoms. The summed E-state index contributed by atoms with van der Waals surface area (Å²) in [5.41, 5.74) is 2.52. The normalized spacial score (nSPS) is 16.1. The van der Waals surface area contributed by atoms with Crippen molar-refractivity contribution < 1.29 is 14.3 Å². The number of benzene rings is 3. The van der Waals surface area contributed by atoms with Crippen LogP contribution in [0.25, 0.3) is 0 Å². The summed E-state index contributed by atoms with van der Waals surface area (Å²) >= 11 is 0. The monoisotopic (exact) mass is 414 g/mol. The number of amides is 1. The number of rotatable bonds is 8. The van der Waals surface area contributed by atoms with Crippen LogP contribution in [0.2, 0.25) is 0 Å². The Balaban J connectivity index is 1.21. The number of hydrogen-bond donors (Lipinski definition) is 1. The zero-order chi connectivity index (χ0) is 21.5. The second-order valence-corrected chi connectivity index (χ2v) is 7.78. The highest BCUT2D eigenvalue weighted by Gasteiger charge is 2.23. The predicted molar refractivity (Wildman–Crippen MR) is 120 cm³/mol. The van der Waals surface area contributed by atoms with Crippen LogP contribution in [0, 0.1) is 0 Å². The first-order valence-electron chi connectivity index (χ1n) is 10.6. The predicted octanol–water partition coefficient (Wildman–Crippen LogP) is 3.69. The average Bonchev–Trinajstić information content (AvgIpc) is 3.25. The fourth-order valence-electron chi connectivity index (χ4n) is 3.81. The lowest BCUT2D eigenvalue weighted by molar-refractivity contribution is -0.123. The van der Waals surface area contributed by atoms with Crippen molar-refractivity contribution >= 4 is 11.7 Å². The summed E-state index contributed by atoms with van der Waals surface area (Å²) in [6, 6.07) is 26.5. The van der Waals surface area contributed by atoms with Crippen molar-refractivity contribution in [2.24, 2.45) is 0 Å². The Labute approximate surface area is 182 Å². The Bertz CT molecular complexity index is 1000. The number of hydrogen-bond acceptors (Lipinski definition) is 4. The molecule has 5 heteroatoms. The molecule has 158 valence electrons. The second-order valence-electron chi connectivity index (χ2n) is 7.78. The molecule has 31 heavy (non-hydrogen) atoms. The Hall–Kier alpha value is -3.44. The zero-order valence-corrected chi connectivity index (χ0v) is 17.4. The Morgan fingerprint density at radius 1 is 0.871 bits per heavy atom. The molecule has 1 fully saturated rings. The molecule has 0 bridgehead atoms. The van der Waals surface area contributed by atoms with Crippen molar-refractivity contribution in [1.82, 2.24) is 10.2 Å². The quantitative estimate of drug-likeness (QED) is 0.571. The molecule has 1 atom stereocenters. The van der Waals surface area contributed by atoms with Gasteiger partial charge in [-0.05, 0) is 36.2 Å². The van der Waals surface area contributed by atoms with Gasteiger partial charge in [-0.15, -0.1) is 0 Å². The molecule has 5 nitrogen and oxygen atoms in total. The molecule has 0 aromatic heterocycles. The third-order valence-electron chi connectivity index (χ3n) is 5.41. The van der Waals surface area contributed by atoms with Gasteiger partial charge in [0.25, 0.3) is 5.91 Å². The highest BCUT2D eigenvalue weighted by molar-refractivity contribution is 6.08. The van der Waals surface area contributed by atoms with E-state index in [-0.39, 0.29) is 24.3 Å². The van der Waals surface area contributed by atoms with E-state index in [0.717, 1.165) is 26.1 Å². The van der Waals surface area contributed by atoms with Gasteiger partial charge in [0.15, 0.2) is 12.4 Å². The van der Waals surface area contributed by atoms with Crippen LogP contribution in [0.1, 0.15) is 27.9 Å². The topological polar surface area (TPSA) is 58.6 Å². The largest absolute Gasteiger partial charge is 0.484 e. The van der Waals surface area contributed by atoms with Crippen LogP contribution >= 0.6 is 0 Å². The van der Waals surface area contributed by atoms with E-state index in [0.29, 0.717) is 16.9 Å². The number of ether oxygens (including phenoxy) is 1. The molecule has 4 rings (SSSR count). The molecular weight excluding hydrogens is 388 g/mol. The molecule has 0 radical (unpaired) electrons. The van der Waals surface area contributed by atoms with Crippen molar-refractivity contribution in [3.8, 4) is 5.75 Å². The van der Waals surface area contributed by atoms with E-state index in [2.05, 4.69) is 22.3 Å². The summed E-state index contributed by atoms with van der Waals surface area (Å²) in [6.45, 7) is 2.67. The van der Waals surface area contributed by atoms with Crippen LogP contribution in [-0.2, 0) is 11.3 Å². The third kappa shape index (κ3) is 5.80. The lowest BCUT2D eigenvalue weighted by Gasteiger charge is -2.17. The number of nitrogens with one attached hydrogen (secondary N) is 1. The van der Waals surface area contributed by atoms with Gasteiger partial charge in [0.2, 0.25) is 0 Å². The standard InChI is InChI=1S/C26H26N2O3/c29-25(27-23-15-16-28(18-23)17-20-7-3-1-4-8-20)19-31-24-13-11-22(12-14-24)26(30)21-9-5-2-6-10-21/h1-14,23H,15-19H2,(H,27,29)/t23-/m0/s1. The molecule has 0 aliphatic carbocycles. The summed E-state index contributed by atoms with van der Waals surface area (Å²) in [6.07, 6.45) is 0.939. The van der Waals surface area contributed by atoms with Gasteiger partial charge < -0.3 is 10.1 Å². The summed E-state index contributed by atoms with van der Waals surface area (Å²) in [4.78, 5) is 27.1. The third-order valence-corrected chi connectivity index (χ3v) is 5.41. The highest BCUT2D eigenvalue weighted by atomic mass is 16.5. The number of ketones is 1. The van der Waals surface area contributed by atoms with Crippen molar-refractivity contribution in [2.45, 2.75) is 19.0 Å². The first-order chi connectivity index (χ1) is 15.2. The van der Waals surface area contributed by atoms with E-state index >= 15 is 0 Å². The summed E-state index contributed by atoms with van der Waals surface area (Å²) < 4.78 is 5.60. The van der Waals surface area contributed by atoms with E-state index < -0.39 is 0 Å². The molecule has 3 aromatic rings. The van der Waals surface area contributed by atoms with Crippen LogP contribution in [0.3, 0.4) is 0 Å². The fraction of sp³-hybridized carbons (Fsp3) is 0.231. The van der Waals surface area contributed by atoms with Gasteiger partial charge in [-0.25, -0.2) is 0 Å². The first kappa shape index (κ1) is 20.8. The number of carbonyl (C=O) groups is 2. The zero-order valence-electron chi connectivity index (χ0n) is 17.4. The molecule has 1 aliphatic heterocycles. The van der Waals surface area contributed by atoms with Crippen molar-refractivity contribution in [3.05, 3.63) is 102 Å². The Kier molecular flexibility index (Phi) is 6.75. The summed E-state index contributed by atoms with van der Waals surface area (Å²) in [5.74, 6) is 0.402. The fourth-order valence-corrected chi connectivity index (χ4v) is 3.81. The van der Waals surface area contributed by atoms with Gasteiger partial charge in [-0.1, -0.05) is 60.7 Å². The van der Waals surface area contributed by atoms with E-state index in [9.17, 15) is 9.59 Å². The highest BCUT2D eigenvalue weighted by Crippen LogP contribution is 2.16. The van der Waals surface area contributed by atoms with Crippen molar-refractivity contribution in [2.75, 3.05) is 19.7 Å². The Morgan fingerprint density at radius 3 is 2.23 bits per heavy atom. The van der Waals surface area contributed by atoms with Crippen LogP contribution in [-0.4, -0.2) is 42.3 Å². The van der Waals surface area contributed by atoms with Gasteiger partial charge >= 0.3 is 0 Å². The lowest BCUT2D eigenvalue weighted by Crippen LogP contribution is -2.39. The maximum atomic E-state index is 12.4. The van der Waals surface area contributed by atoms with E-state index in [4.69, 9.17) is 4.74 Å². The maximum Gasteiger partial charge on any atom is 0.258 e. The van der Waals surface area contributed by atoms with Crippen LogP contribution in [0.5, 0.6) is 5.75 Å². The molecule has 0 unspecified atom stereocenters. The first-order valence-corrected chi connectivity index (χ1v) is 10.6. The molecule has 1 heterocycles. The van der Waals surface area contributed by atoms with Gasteiger partial charge in [0.05, 0.1) is 0 Å². The molecular formula is C26H26N2O3. The van der Waals surface area contributed by atoms with E-state index in [1.165, 1.54) is 5.56 Å². The van der Waals surface area contributed by atoms with Crippen LogP contribution in [0.4, 0.5) is 0 Å². The molecule has 1 amide bonds. The van der Waals surface area contributed by atoms with Gasteiger partial charge in [-0.3, -0.25) is 14.5 Å². The van der Waals surface area contributed by atoms with Crippen molar-refractivity contribution in [1.29, 1.82) is 0 Å². The SMILES string of the molecule is O=C(COc1ccc(C(=O)c2ccccc2)cc1)N[C@H]1CCN(Cc2ccccc2)C1. The Morgan fingerprint density at radius 2 is 1.52 bits per heavy atom. The molecule has 1 N–H and O–H groups in total. The maximum absolute atomic E-state index is 12.4. The number of carbonyl (C=O) groups excluding carboxylic acids is 2. The van der Waals surface area contributed by atoms with Gasteiger partial charge in [-0.2, -0.15) is 0 Å². The minimum absolute atomic E-state index is 0.0359. The van der Waals surface area contributed by atoms with E-state index in [1.54, 1.807) is 36.4 Å². The van der Waals surface area contributed by atoms with Gasteiger partial charge in [0.1, 0.15) is 5.75 Å². The molecule has 1 saturated heterocycles. The number of likely N-dealkylation sites (tertiary alicyclic amines) is 1. The molecule has 1 aliphatic rings. The van der Waals surface area contributed by atoms with Crippen molar-refractivity contribution in [3.63, 3.8) is 0 Å². The lowest BCUT2D eigenvalue weighted by atomic mass is 10.0. The second kappa shape index (κ2) is 10.0. The van der Waals surface area contributed by atoms with Crippen LogP contribution in [0.15, 0.2) is 84.9 Å². The summed E-state index contributed by atoms with van der Waals surface area (Å²) in [7, 11) is 0. The van der Waals surface area contributed by atoms with Gasteiger partial charge in [0, 0.05) is 36.8 Å². The smallest absolute Gasteiger partial charge is 0.258 e. The average molecular weight is 415 g/mol. The van der Waals surface area contributed by atoms with E-state index in [1.807, 2.05) is 36.4 Å². The summed E-state index contributed by atoms with van der Waals surface area (Å²) in [5, 5.41) is 3.06. The minimum atomic E-state index is -0.129. The minimum Gasteiger partial charge on any atom is -0.484 e. The molecule has 0 saturated carbocycles. The molecule has 3 aromatic carbocycles. The number of nitrogens with zero attached hydrogens (tertiary/aromatic N) is 1.